The third kappa shape index (κ3) is 4.02. The Bertz CT molecular complexity index is 1260. The van der Waals surface area contributed by atoms with E-state index in [-0.39, 0.29) is 16.9 Å². The zero-order chi connectivity index (χ0) is 28.3. The van der Waals surface area contributed by atoms with Crippen molar-refractivity contribution in [3.05, 3.63) is 46.2 Å². The molecule has 0 radical (unpaired) electrons. The monoisotopic (exact) mass is 547 g/mol. The quantitative estimate of drug-likeness (QED) is 0.196. The second-order valence-corrected chi connectivity index (χ2v) is 11.6. The molecule has 4 rings (SSSR count). The smallest absolute Gasteiger partial charge is 0.255 e. The van der Waals surface area contributed by atoms with E-state index in [0.717, 1.165) is 12.3 Å². The molecular formula is C26H33N3O8S. The molecule has 0 heterocycles. The van der Waals surface area contributed by atoms with E-state index in [4.69, 9.17) is 5.73 Å². The number of primary amides is 1. The third-order valence-electron chi connectivity index (χ3n) is 7.78. The van der Waals surface area contributed by atoms with Crippen LogP contribution in [0.1, 0.15) is 17.0 Å². The molecule has 0 unspecified atom stereocenters. The minimum absolute atomic E-state index is 0.00537. The maximum absolute atomic E-state index is 14.1. The predicted octanol–water partition coefficient (Wildman–Crippen LogP) is -0.229. The SMILES string of the molecule is CN(C)CCSC[C@@H]1c2cccc(O)c2C(O)=C2C(=O)[C@@]3(O)C(O)=C(C(N)=O)C(=O)[C@H](N(C)C)[C@H]3[C@H](O)[C@H]21. The van der Waals surface area contributed by atoms with Crippen LogP contribution in [0.25, 0.3) is 5.76 Å². The number of nitrogens with two attached hydrogens (primary N) is 1. The number of fused-ring (bicyclic) bond motifs is 3. The summed E-state index contributed by atoms with van der Waals surface area (Å²) in [5, 5.41) is 56.5. The Kier molecular flexibility index (Phi) is 7.40. The second-order valence-electron chi connectivity index (χ2n) is 10.5. The minimum Gasteiger partial charge on any atom is -0.508 e. The van der Waals surface area contributed by atoms with Gasteiger partial charge in [0, 0.05) is 35.5 Å². The highest BCUT2D eigenvalue weighted by Gasteiger charge is 2.68. The first-order valence-corrected chi connectivity index (χ1v) is 13.3. The molecule has 12 heteroatoms. The van der Waals surface area contributed by atoms with Crippen molar-refractivity contribution in [2.45, 2.75) is 23.7 Å². The van der Waals surface area contributed by atoms with Crippen molar-refractivity contribution in [1.82, 2.24) is 9.80 Å². The molecule has 6 atom stereocenters. The lowest BCUT2D eigenvalue weighted by atomic mass is 9.54. The molecule has 3 aliphatic carbocycles. The summed E-state index contributed by atoms with van der Waals surface area (Å²) >= 11 is 1.55. The molecule has 0 aliphatic heterocycles. The van der Waals surface area contributed by atoms with Crippen LogP contribution in [0.15, 0.2) is 35.1 Å². The van der Waals surface area contributed by atoms with Crippen LogP contribution >= 0.6 is 11.8 Å². The molecule has 0 saturated heterocycles. The number of carbonyl (C=O) groups excluding carboxylic acids is 3. The Balaban J connectivity index is 1.95. The van der Waals surface area contributed by atoms with Crippen LogP contribution in [0.2, 0.25) is 0 Å². The van der Waals surface area contributed by atoms with Crippen LogP contribution in [0.3, 0.4) is 0 Å². The number of rotatable bonds is 7. The van der Waals surface area contributed by atoms with E-state index in [9.17, 15) is 39.9 Å². The standard InChI is InChI=1S/C26H33N3O8S/c1-28(2)8-9-38-10-12-11-6-5-7-13(30)14(11)20(31)16-15(12)21(32)18-19(29(3)4)22(33)17(25(27)36)24(35)26(18,37)23(16)34/h5-7,12,15,18-19,21,30-32,35,37H,8-10H2,1-4H3,(H2,27,36)/t12-,15+,18+,19-,21-,26-/m1/s1. The molecule has 0 aromatic heterocycles. The number of carbonyl (C=O) groups is 3. The van der Waals surface area contributed by atoms with Gasteiger partial charge in [-0.25, -0.2) is 0 Å². The molecule has 206 valence electrons. The first kappa shape index (κ1) is 28.1. The van der Waals surface area contributed by atoms with E-state index < -0.39 is 70.1 Å². The fraction of sp³-hybridized carbons (Fsp3) is 0.500. The molecule has 1 aromatic carbocycles. The van der Waals surface area contributed by atoms with Crippen molar-refractivity contribution in [1.29, 1.82) is 0 Å². The van der Waals surface area contributed by atoms with Gasteiger partial charge in [-0.1, -0.05) is 12.1 Å². The van der Waals surface area contributed by atoms with Gasteiger partial charge in [-0.2, -0.15) is 11.8 Å². The zero-order valence-electron chi connectivity index (χ0n) is 21.6. The van der Waals surface area contributed by atoms with Crippen molar-refractivity contribution in [2.75, 3.05) is 46.2 Å². The summed E-state index contributed by atoms with van der Waals surface area (Å²) in [6.45, 7) is 0.762. The number of hydrogen-bond donors (Lipinski definition) is 6. The first-order chi connectivity index (χ1) is 17.8. The van der Waals surface area contributed by atoms with Gasteiger partial charge in [0.25, 0.3) is 5.91 Å². The predicted molar refractivity (Wildman–Crippen MR) is 141 cm³/mol. The van der Waals surface area contributed by atoms with Gasteiger partial charge in [-0.15, -0.1) is 0 Å². The molecule has 7 N–H and O–H groups in total. The summed E-state index contributed by atoms with van der Waals surface area (Å²) in [5.74, 6) is -7.76. The van der Waals surface area contributed by atoms with Crippen LogP contribution in [-0.2, 0) is 14.4 Å². The molecule has 11 nitrogen and oxygen atoms in total. The Morgan fingerprint density at radius 2 is 1.79 bits per heavy atom. The zero-order valence-corrected chi connectivity index (χ0v) is 22.4. The maximum atomic E-state index is 14.1. The van der Waals surface area contributed by atoms with Gasteiger partial charge in [-0.3, -0.25) is 19.3 Å². The summed E-state index contributed by atoms with van der Waals surface area (Å²) in [5.41, 5.74) is 1.61. The molecule has 38 heavy (non-hydrogen) atoms. The number of aliphatic hydroxyl groups is 4. The normalized spacial score (nSPS) is 31.0. The summed E-state index contributed by atoms with van der Waals surface area (Å²) in [4.78, 5) is 42.8. The maximum Gasteiger partial charge on any atom is 0.255 e. The van der Waals surface area contributed by atoms with Crippen LogP contribution < -0.4 is 5.73 Å². The number of phenolic OH excluding ortho intramolecular Hbond substituents is 1. The number of phenols is 1. The Labute approximate surface area is 224 Å². The van der Waals surface area contributed by atoms with E-state index in [0.29, 0.717) is 11.3 Å². The summed E-state index contributed by atoms with van der Waals surface area (Å²) in [7, 11) is 6.82. The number of thioether (sulfide) groups is 1. The molecule has 1 amide bonds. The van der Waals surface area contributed by atoms with Crippen LogP contribution in [-0.4, -0.2) is 117 Å². The Morgan fingerprint density at radius 1 is 1.13 bits per heavy atom. The van der Waals surface area contributed by atoms with Gasteiger partial charge >= 0.3 is 0 Å². The first-order valence-electron chi connectivity index (χ1n) is 12.1. The number of Topliss-reactive ketones (excluding diaryl/α,β-unsaturated/α-hetero) is 2. The lowest BCUT2D eigenvalue weighted by Crippen LogP contribution is -2.70. The number of ketones is 2. The molecular weight excluding hydrogens is 514 g/mol. The van der Waals surface area contributed by atoms with E-state index in [1.54, 1.807) is 23.9 Å². The van der Waals surface area contributed by atoms with Crippen LogP contribution in [0.5, 0.6) is 5.75 Å². The topological polar surface area (TPSA) is 185 Å². The van der Waals surface area contributed by atoms with Gasteiger partial charge in [0.15, 0.2) is 11.4 Å². The Morgan fingerprint density at radius 3 is 2.37 bits per heavy atom. The van der Waals surface area contributed by atoms with Gasteiger partial charge < -0.3 is 36.2 Å². The van der Waals surface area contributed by atoms with Gasteiger partial charge in [-0.05, 0) is 39.8 Å². The van der Waals surface area contributed by atoms with Crippen LogP contribution in [0, 0.1) is 11.8 Å². The summed E-state index contributed by atoms with van der Waals surface area (Å²) < 4.78 is 0. The number of benzene rings is 1. The number of aromatic hydroxyl groups is 1. The molecule has 0 spiro atoms. The third-order valence-corrected chi connectivity index (χ3v) is 8.84. The molecule has 0 bridgehead atoms. The van der Waals surface area contributed by atoms with E-state index in [1.165, 1.54) is 25.1 Å². The fourth-order valence-electron chi connectivity index (χ4n) is 6.05. The van der Waals surface area contributed by atoms with E-state index >= 15 is 0 Å². The van der Waals surface area contributed by atoms with Crippen molar-refractivity contribution in [3.8, 4) is 5.75 Å². The Hall–Kier alpha value is -2.90. The molecule has 1 aromatic rings. The van der Waals surface area contributed by atoms with Crippen molar-refractivity contribution in [3.63, 3.8) is 0 Å². The highest BCUT2D eigenvalue weighted by molar-refractivity contribution is 7.99. The molecule has 3 aliphatic rings. The van der Waals surface area contributed by atoms with Gasteiger partial charge in [0.1, 0.15) is 22.8 Å². The van der Waals surface area contributed by atoms with Gasteiger partial charge in [0.2, 0.25) is 5.78 Å². The minimum atomic E-state index is -2.92. The highest BCUT2D eigenvalue weighted by Crippen LogP contribution is 2.56. The van der Waals surface area contributed by atoms with Crippen molar-refractivity contribution >= 4 is 35.0 Å². The van der Waals surface area contributed by atoms with Crippen molar-refractivity contribution in [2.24, 2.45) is 17.6 Å². The number of likely N-dealkylation sites (N-methyl/N-ethyl adjacent to an activating group) is 1. The number of amides is 1. The number of nitrogens with zero attached hydrogens (tertiary/aromatic N) is 2. The number of aliphatic hydroxyl groups excluding tert-OH is 3. The average molecular weight is 548 g/mol. The van der Waals surface area contributed by atoms with Crippen LogP contribution in [0.4, 0.5) is 0 Å². The lowest BCUT2D eigenvalue weighted by molar-refractivity contribution is -0.169. The second kappa shape index (κ2) is 10.0. The average Bonchev–Trinajstić information content (AvgIpc) is 2.82. The number of hydrogen-bond acceptors (Lipinski definition) is 11. The largest absolute Gasteiger partial charge is 0.508 e. The highest BCUT2D eigenvalue weighted by atomic mass is 32.2. The summed E-state index contributed by atoms with van der Waals surface area (Å²) in [6, 6.07) is 3.25. The molecule has 1 saturated carbocycles. The van der Waals surface area contributed by atoms with Crippen molar-refractivity contribution < 1.29 is 39.9 Å². The summed E-state index contributed by atoms with van der Waals surface area (Å²) in [6.07, 6.45) is -1.61. The van der Waals surface area contributed by atoms with E-state index in [2.05, 4.69) is 0 Å². The molecule has 1 fully saturated rings. The van der Waals surface area contributed by atoms with E-state index in [1.807, 2.05) is 19.0 Å². The lowest BCUT2D eigenvalue weighted by Gasteiger charge is -2.54. The van der Waals surface area contributed by atoms with Gasteiger partial charge in [0.05, 0.1) is 23.6 Å². The fourth-order valence-corrected chi connectivity index (χ4v) is 7.35.